The lowest BCUT2D eigenvalue weighted by atomic mass is 10.1. The summed E-state index contributed by atoms with van der Waals surface area (Å²) in [6, 6.07) is 3.94. The molecule has 0 amide bonds. The van der Waals surface area contributed by atoms with Gasteiger partial charge >= 0.3 is 0 Å². The lowest BCUT2D eigenvalue weighted by Gasteiger charge is -2.00. The zero-order valence-corrected chi connectivity index (χ0v) is 8.02. The molecule has 0 atom stereocenters. The van der Waals surface area contributed by atoms with Gasteiger partial charge in [0.1, 0.15) is 0 Å². The summed E-state index contributed by atoms with van der Waals surface area (Å²) >= 11 is 6.02. The molecule has 2 rings (SSSR count). The molecule has 13 heavy (non-hydrogen) atoms. The second kappa shape index (κ2) is 3.24. The van der Waals surface area contributed by atoms with E-state index in [0.29, 0.717) is 5.02 Å². The average molecular weight is 190 g/mol. The van der Waals surface area contributed by atoms with Gasteiger partial charge < -0.3 is 0 Å². The molecule has 0 saturated carbocycles. The van der Waals surface area contributed by atoms with Crippen LogP contribution in [0.3, 0.4) is 0 Å². The fourth-order valence-electron chi connectivity index (χ4n) is 1.36. The van der Waals surface area contributed by atoms with Crippen LogP contribution in [0.4, 0.5) is 0 Å². The minimum Gasteiger partial charge on any atom is -0.288 e. The number of hydrogen-bond acceptors (Lipinski definition) is 1. The number of rotatable bonds is 0. The molecule has 1 aliphatic rings. The van der Waals surface area contributed by atoms with Crippen LogP contribution in [0.1, 0.15) is 23.6 Å². The van der Waals surface area contributed by atoms with Crippen molar-refractivity contribution in [2.75, 3.05) is 0 Å². The number of halogens is 1. The molecular weight excluding hydrogens is 182 g/mol. The third kappa shape index (κ3) is 1.46. The van der Waals surface area contributed by atoms with E-state index in [2.05, 4.69) is 16.8 Å². The first-order valence-corrected chi connectivity index (χ1v) is 4.44. The number of nitrogens with zero attached hydrogens (tertiary/aromatic N) is 1. The van der Waals surface area contributed by atoms with Crippen LogP contribution in [0.15, 0.2) is 17.1 Å². The lowest BCUT2D eigenvalue weighted by molar-refractivity contribution is 1.11. The van der Waals surface area contributed by atoms with Gasteiger partial charge in [-0.2, -0.15) is 0 Å². The van der Waals surface area contributed by atoms with Gasteiger partial charge in [-0.1, -0.05) is 17.5 Å². The molecule has 1 aromatic carbocycles. The molecule has 1 heterocycles. The van der Waals surface area contributed by atoms with E-state index in [0.717, 1.165) is 17.7 Å². The summed E-state index contributed by atoms with van der Waals surface area (Å²) in [7, 11) is 0. The van der Waals surface area contributed by atoms with E-state index >= 15 is 0 Å². The minimum absolute atomic E-state index is 0.710. The fourth-order valence-corrected chi connectivity index (χ4v) is 1.58. The van der Waals surface area contributed by atoms with Gasteiger partial charge in [0.15, 0.2) is 0 Å². The maximum absolute atomic E-state index is 6.02. The van der Waals surface area contributed by atoms with E-state index in [1.807, 2.05) is 18.3 Å². The van der Waals surface area contributed by atoms with Gasteiger partial charge in [0.05, 0.1) is 11.6 Å². The molecule has 1 aromatic rings. The Morgan fingerprint density at radius 2 is 2.31 bits per heavy atom. The average Bonchev–Trinajstić information content (AvgIpc) is 2.52. The maximum Gasteiger partial charge on any atom is 0.0646 e. The highest BCUT2D eigenvalue weighted by atomic mass is 35.5. The first-order chi connectivity index (χ1) is 6.31. The van der Waals surface area contributed by atoms with Gasteiger partial charge in [-0.15, -0.1) is 5.92 Å². The van der Waals surface area contributed by atoms with Crippen molar-refractivity contribution in [1.29, 1.82) is 0 Å². The number of fused-ring (bicyclic) bond motifs is 1. The molecule has 0 bridgehead atoms. The Kier molecular flexibility index (Phi) is 2.08. The van der Waals surface area contributed by atoms with Gasteiger partial charge in [-0.25, -0.2) is 0 Å². The van der Waals surface area contributed by atoms with E-state index < -0.39 is 0 Å². The molecule has 0 N–H and O–H groups in total. The Morgan fingerprint density at radius 3 is 3.08 bits per heavy atom. The summed E-state index contributed by atoms with van der Waals surface area (Å²) in [5.41, 5.74) is 3.22. The Balaban J connectivity index is 2.56. The van der Waals surface area contributed by atoms with Crippen LogP contribution < -0.4 is 0 Å². The largest absolute Gasteiger partial charge is 0.288 e. The molecule has 0 unspecified atom stereocenters. The molecule has 1 aliphatic heterocycles. The maximum atomic E-state index is 6.02. The quantitative estimate of drug-likeness (QED) is 0.557. The SMILES string of the molecule is CC#Cc1cc2c(cc1Cl)C=NC2. The monoisotopic (exact) mass is 189 g/mol. The minimum atomic E-state index is 0.710. The Hall–Kier alpha value is -1.26. The molecular formula is C11H8ClN. The highest BCUT2D eigenvalue weighted by Gasteiger charge is 2.09. The molecule has 2 heteroatoms. The molecule has 0 saturated heterocycles. The topological polar surface area (TPSA) is 12.4 Å². The zero-order chi connectivity index (χ0) is 9.26. The van der Waals surface area contributed by atoms with Crippen LogP contribution in [0.5, 0.6) is 0 Å². The van der Waals surface area contributed by atoms with Crippen LogP contribution in [0.2, 0.25) is 5.02 Å². The van der Waals surface area contributed by atoms with Crippen molar-refractivity contribution in [1.82, 2.24) is 0 Å². The van der Waals surface area contributed by atoms with E-state index in [-0.39, 0.29) is 0 Å². The van der Waals surface area contributed by atoms with E-state index in [1.165, 1.54) is 5.56 Å². The normalized spacial score (nSPS) is 12.2. The predicted molar refractivity (Wildman–Crippen MR) is 55.3 cm³/mol. The van der Waals surface area contributed by atoms with Gasteiger partial charge in [-0.05, 0) is 30.2 Å². The van der Waals surface area contributed by atoms with Crippen LogP contribution in [0.25, 0.3) is 0 Å². The molecule has 0 spiro atoms. The van der Waals surface area contributed by atoms with Crippen LogP contribution in [-0.4, -0.2) is 6.21 Å². The molecule has 0 fully saturated rings. The van der Waals surface area contributed by atoms with Crippen molar-refractivity contribution in [2.24, 2.45) is 4.99 Å². The zero-order valence-electron chi connectivity index (χ0n) is 7.26. The van der Waals surface area contributed by atoms with E-state index in [9.17, 15) is 0 Å². The second-order valence-electron chi connectivity index (χ2n) is 2.88. The summed E-state index contributed by atoms with van der Waals surface area (Å²) in [6.45, 7) is 2.56. The first kappa shape index (κ1) is 8.34. The van der Waals surface area contributed by atoms with Crippen molar-refractivity contribution in [3.8, 4) is 11.8 Å². The lowest BCUT2D eigenvalue weighted by Crippen LogP contribution is -1.87. The molecule has 0 aromatic heterocycles. The highest BCUT2D eigenvalue weighted by molar-refractivity contribution is 6.32. The Bertz CT molecular complexity index is 435. The van der Waals surface area contributed by atoms with Crippen molar-refractivity contribution < 1.29 is 0 Å². The van der Waals surface area contributed by atoms with Gasteiger partial charge in [-0.3, -0.25) is 4.99 Å². The first-order valence-electron chi connectivity index (χ1n) is 4.06. The standard InChI is InChI=1S/C11H8ClN/c1-2-3-8-4-9-6-13-7-10(9)5-11(8)12/h4-5,7H,6H2,1H3. The van der Waals surface area contributed by atoms with Crippen molar-refractivity contribution >= 4 is 17.8 Å². The van der Waals surface area contributed by atoms with E-state index in [4.69, 9.17) is 11.6 Å². The Morgan fingerprint density at radius 1 is 1.46 bits per heavy atom. The summed E-state index contributed by atoms with van der Waals surface area (Å²) < 4.78 is 0. The second-order valence-corrected chi connectivity index (χ2v) is 3.28. The molecule has 0 aliphatic carbocycles. The summed E-state index contributed by atoms with van der Waals surface area (Å²) in [5, 5.41) is 0.710. The molecule has 0 radical (unpaired) electrons. The fraction of sp³-hybridized carbons (Fsp3) is 0.182. The molecule has 1 nitrogen and oxygen atoms in total. The predicted octanol–water partition coefficient (Wildman–Crippen LogP) is 2.64. The number of hydrogen-bond donors (Lipinski definition) is 0. The third-order valence-electron chi connectivity index (χ3n) is 1.98. The van der Waals surface area contributed by atoms with Crippen LogP contribution in [-0.2, 0) is 6.54 Å². The smallest absolute Gasteiger partial charge is 0.0646 e. The summed E-state index contributed by atoms with van der Waals surface area (Å²) in [6.07, 6.45) is 1.85. The number of aliphatic imine (C=N–C) groups is 1. The molecule has 64 valence electrons. The highest BCUT2D eigenvalue weighted by Crippen LogP contribution is 2.23. The summed E-state index contributed by atoms with van der Waals surface area (Å²) in [4.78, 5) is 4.16. The van der Waals surface area contributed by atoms with Crippen LogP contribution in [0, 0.1) is 11.8 Å². The third-order valence-corrected chi connectivity index (χ3v) is 2.29. The van der Waals surface area contributed by atoms with Crippen LogP contribution >= 0.6 is 11.6 Å². The van der Waals surface area contributed by atoms with Crippen molar-refractivity contribution in [3.05, 3.63) is 33.8 Å². The van der Waals surface area contributed by atoms with Gasteiger partial charge in [0, 0.05) is 11.8 Å². The van der Waals surface area contributed by atoms with E-state index in [1.54, 1.807) is 6.92 Å². The van der Waals surface area contributed by atoms with Gasteiger partial charge in [0.2, 0.25) is 0 Å². The Labute approximate surface area is 82.4 Å². The van der Waals surface area contributed by atoms with Crippen molar-refractivity contribution in [2.45, 2.75) is 13.5 Å². The van der Waals surface area contributed by atoms with Crippen molar-refractivity contribution in [3.63, 3.8) is 0 Å². The van der Waals surface area contributed by atoms with Gasteiger partial charge in [0.25, 0.3) is 0 Å². The number of benzene rings is 1. The summed E-state index contributed by atoms with van der Waals surface area (Å²) in [5.74, 6) is 5.81.